The summed E-state index contributed by atoms with van der Waals surface area (Å²) in [6.07, 6.45) is 0. The van der Waals surface area contributed by atoms with E-state index in [1.54, 1.807) is 0 Å². The molecule has 40 valence electrons. The minimum atomic E-state index is -3.50. The van der Waals surface area contributed by atoms with Crippen LogP contribution in [0.4, 0.5) is 0 Å². The second-order valence-corrected chi connectivity index (χ2v) is 6.00. The van der Waals surface area contributed by atoms with Crippen LogP contribution in [-0.2, 0) is 4.57 Å². The fraction of sp³-hybridized carbons (Fsp3) is 0. The van der Waals surface area contributed by atoms with Crippen LogP contribution >= 0.6 is 7.14 Å². The molecular weight excluding hydrogens is 171 g/mol. The fourth-order valence-electron chi connectivity index (χ4n) is 0. The van der Waals surface area contributed by atoms with Gasteiger partial charge in [0, 0.05) is 0 Å². The van der Waals surface area contributed by atoms with E-state index >= 15 is 0 Å². The fourth-order valence-corrected chi connectivity index (χ4v) is 0. The van der Waals surface area contributed by atoms with Crippen LogP contribution < -0.4 is 0 Å². The summed E-state index contributed by atoms with van der Waals surface area (Å²) in [7, 11) is -3.53. The Morgan fingerprint density at radius 2 is 1.57 bits per heavy atom. The molecule has 0 saturated heterocycles. The zero-order valence-electron chi connectivity index (χ0n) is 8.16. The molecule has 7 heavy (non-hydrogen) atoms. The van der Waals surface area contributed by atoms with E-state index in [9.17, 15) is 4.57 Å². The molecule has 0 rings (SSSR count). The van der Waals surface area contributed by atoms with Crippen molar-refractivity contribution in [3.05, 3.63) is 0 Å². The molecule has 0 saturated carbocycles. The van der Waals surface area contributed by atoms with Gasteiger partial charge < -0.3 is 15.5 Å². The van der Waals surface area contributed by atoms with Gasteiger partial charge in [0.05, 0.1) is 0 Å². The summed E-state index contributed by atoms with van der Waals surface area (Å²) in [4.78, 5) is 15.4. The van der Waals surface area contributed by atoms with Crippen molar-refractivity contribution in [3.8, 4) is 0 Å². The molecule has 0 aliphatic carbocycles. The largest absolute Gasteiger partial charge is 2.00 e. The zero-order chi connectivity index (χ0) is 4.50. The van der Waals surface area contributed by atoms with E-state index in [2.05, 4.69) is 0 Å². The Morgan fingerprint density at radius 1 is 1.57 bits per heavy atom. The molecule has 0 aromatic rings. The molecule has 0 atom stereocenters. The molecule has 2 N–H and O–H groups in total. The first-order valence-corrected chi connectivity index (χ1v) is 5.77. The molecule has 3 nitrogen and oxygen atoms in total. The Morgan fingerprint density at radius 3 is 1.57 bits per heavy atom. The van der Waals surface area contributed by atoms with E-state index in [0.29, 0.717) is 0 Å². The molecule has 0 amide bonds. The van der Waals surface area contributed by atoms with E-state index in [4.69, 9.17) is 9.79 Å². The average Bonchev–Trinajstić information content (AvgIpc) is 0.722. The van der Waals surface area contributed by atoms with Gasteiger partial charge in [-0.25, -0.2) is 0 Å². The number of rotatable bonds is 0. The second kappa shape index (κ2) is 6.51. The van der Waals surface area contributed by atoms with Crippen LogP contribution in [0.2, 0.25) is 0 Å². The van der Waals surface area contributed by atoms with Crippen molar-refractivity contribution < 1.29 is 20.1 Å². The SMILES string of the molecule is O=P(O)(O)[SiH3].[Ca+2].[H-].[H-].[H-].[H-].[Mg+2]. The van der Waals surface area contributed by atoms with Gasteiger partial charge in [-0.05, 0) is 0 Å². The first-order valence-electron chi connectivity index (χ1n) is 1.03. The van der Waals surface area contributed by atoms with Gasteiger partial charge in [-0.15, -0.1) is 0 Å². The van der Waals surface area contributed by atoms with Crippen LogP contribution in [-0.4, -0.2) is 80.5 Å². The Labute approximate surface area is 96.8 Å². The molecule has 0 radical (unpaired) electrons. The summed E-state index contributed by atoms with van der Waals surface area (Å²) < 4.78 is 9.39. The summed E-state index contributed by atoms with van der Waals surface area (Å²) in [6, 6.07) is 0. The first-order chi connectivity index (χ1) is 2.00. The minimum absolute atomic E-state index is 0. The van der Waals surface area contributed by atoms with Crippen molar-refractivity contribution in [1.29, 1.82) is 0 Å². The van der Waals surface area contributed by atoms with Crippen molar-refractivity contribution in [1.82, 2.24) is 0 Å². The zero-order valence-corrected chi connectivity index (χ0v) is 10.7. The van der Waals surface area contributed by atoms with Crippen LogP contribution in [0, 0.1) is 0 Å². The third kappa shape index (κ3) is 59.9. The summed E-state index contributed by atoms with van der Waals surface area (Å²) >= 11 is 0. The van der Waals surface area contributed by atoms with Gasteiger partial charge in [-0.2, -0.15) is 0 Å². The molecule has 0 aromatic carbocycles. The third-order valence-electron chi connectivity index (χ3n) is 0. The summed E-state index contributed by atoms with van der Waals surface area (Å²) in [5.74, 6) is 0. The summed E-state index contributed by atoms with van der Waals surface area (Å²) in [5.41, 5.74) is 0. The normalized spacial score (nSPS) is 8.86. The smallest absolute Gasteiger partial charge is 1.00 e. The number of hydrogen-bond donors (Lipinski definition) is 2. The van der Waals surface area contributed by atoms with Crippen LogP contribution in [0.15, 0.2) is 0 Å². The second-order valence-electron chi connectivity index (χ2n) is 0.835. The Bertz CT molecular complexity index is 71.5. The predicted octanol–water partition coefficient (Wildman–Crippen LogP) is -1.87. The molecule has 0 unspecified atom stereocenters. The maximum Gasteiger partial charge on any atom is 2.00 e. The predicted molar refractivity (Wildman–Crippen MR) is 37.9 cm³/mol. The van der Waals surface area contributed by atoms with E-state index in [1.807, 2.05) is 0 Å². The quantitative estimate of drug-likeness (QED) is 0.339. The van der Waals surface area contributed by atoms with E-state index in [0.717, 1.165) is 0 Å². The summed E-state index contributed by atoms with van der Waals surface area (Å²) in [5, 5.41) is 0. The van der Waals surface area contributed by atoms with Crippen molar-refractivity contribution in [3.63, 3.8) is 0 Å². The van der Waals surface area contributed by atoms with Crippen molar-refractivity contribution in [2.75, 3.05) is 0 Å². The molecule has 0 aromatic heterocycles. The van der Waals surface area contributed by atoms with Gasteiger partial charge in [0.2, 0.25) is 0 Å². The molecule has 0 bridgehead atoms. The van der Waals surface area contributed by atoms with Crippen molar-refractivity contribution >= 4 is 77.8 Å². The molecule has 0 aliphatic heterocycles. The Hall–Kier alpha value is 2.39. The third-order valence-corrected chi connectivity index (χ3v) is 0. The van der Waals surface area contributed by atoms with Crippen LogP contribution in [0.1, 0.15) is 5.71 Å². The maximum absolute atomic E-state index is 9.39. The van der Waals surface area contributed by atoms with E-state index in [-0.39, 0.29) is 76.4 Å². The maximum atomic E-state index is 9.39. The van der Waals surface area contributed by atoms with Crippen LogP contribution in [0.25, 0.3) is 0 Å². The van der Waals surface area contributed by atoms with E-state index < -0.39 is 7.14 Å². The van der Waals surface area contributed by atoms with Gasteiger partial charge in [-0.3, -0.25) is 4.57 Å². The van der Waals surface area contributed by atoms with Gasteiger partial charge in [0.1, 0.15) is 9.91 Å². The summed E-state index contributed by atoms with van der Waals surface area (Å²) in [6.45, 7) is 0. The molecule has 7 heteroatoms. The Balaban J connectivity index is -0.00000000533. The Kier molecular flexibility index (Phi) is 15.1. The van der Waals surface area contributed by atoms with Crippen molar-refractivity contribution in [2.45, 2.75) is 0 Å². The molecular formula is H9CaMgO3PSi. The van der Waals surface area contributed by atoms with Crippen LogP contribution in [0.5, 0.6) is 0 Å². The standard InChI is InChI=1S/Ca.Mg.H5O3PSi.4H/c;;1-4(2,3)5;;;;/h;;5H3,(H2,1,2,3);;;;/q2*+2;;4*-1. The molecule has 0 spiro atoms. The topological polar surface area (TPSA) is 57.5 Å². The first kappa shape index (κ1) is 16.2. The van der Waals surface area contributed by atoms with E-state index in [1.165, 1.54) is 0 Å². The van der Waals surface area contributed by atoms with Gasteiger partial charge in [0.25, 0.3) is 7.14 Å². The molecule has 0 aliphatic rings. The molecule has 0 heterocycles. The van der Waals surface area contributed by atoms with Gasteiger partial charge >= 0.3 is 60.8 Å². The van der Waals surface area contributed by atoms with Gasteiger partial charge in [0.15, 0.2) is 0 Å². The van der Waals surface area contributed by atoms with Gasteiger partial charge in [-0.1, -0.05) is 0 Å². The molecule has 0 fully saturated rings. The average molecular weight is 181 g/mol. The van der Waals surface area contributed by atoms with Crippen LogP contribution in [0.3, 0.4) is 0 Å². The minimum Gasteiger partial charge on any atom is -1.00 e. The number of hydrogen-bond acceptors (Lipinski definition) is 1. The van der Waals surface area contributed by atoms with Crippen molar-refractivity contribution in [2.24, 2.45) is 0 Å². The monoisotopic (exact) mass is 180 g/mol.